The smallest absolute Gasteiger partial charge is 0.329 e. The van der Waals surface area contributed by atoms with E-state index >= 15 is 0 Å². The maximum absolute atomic E-state index is 13.7. The van der Waals surface area contributed by atoms with E-state index in [1.807, 2.05) is 0 Å². The third-order valence-corrected chi connectivity index (χ3v) is 5.07. The van der Waals surface area contributed by atoms with Gasteiger partial charge in [0.1, 0.15) is 18.2 Å². The molecule has 0 saturated carbocycles. The molecule has 3 aromatic rings. The molecule has 3 aromatic carbocycles. The number of carbonyl (C=O) groups excluding carboxylic acids is 2. The monoisotopic (exact) mass is 473 g/mol. The second-order valence-electron chi connectivity index (χ2n) is 6.63. The second-order valence-corrected chi connectivity index (χ2v) is 7.44. The van der Waals surface area contributed by atoms with Gasteiger partial charge in [0.15, 0.2) is 0 Å². The molecule has 0 atom stereocenters. The summed E-state index contributed by atoms with van der Waals surface area (Å²) in [5.41, 5.74) is 4.16. The minimum absolute atomic E-state index is 0.100. The molecule has 9 heteroatoms. The average Bonchev–Trinajstić information content (AvgIpc) is 2.79. The van der Waals surface area contributed by atoms with Gasteiger partial charge in [-0.25, -0.2) is 9.82 Å². The Hall–Kier alpha value is -3.42. The van der Waals surface area contributed by atoms with Crippen molar-refractivity contribution in [1.82, 2.24) is 5.43 Å². The fourth-order valence-electron chi connectivity index (χ4n) is 2.58. The van der Waals surface area contributed by atoms with Crippen molar-refractivity contribution in [3.05, 3.63) is 93.7 Å². The summed E-state index contributed by atoms with van der Waals surface area (Å²) < 4.78 is 19.2. The Labute approximate surface area is 194 Å². The van der Waals surface area contributed by atoms with E-state index in [0.717, 1.165) is 0 Å². The third-order valence-electron chi connectivity index (χ3n) is 4.33. The Morgan fingerprint density at radius 1 is 0.969 bits per heavy atom. The van der Waals surface area contributed by atoms with E-state index in [2.05, 4.69) is 15.8 Å². The topological polar surface area (TPSA) is 79.8 Å². The predicted octanol–water partition coefficient (Wildman–Crippen LogP) is 5.19. The number of carbonyl (C=O) groups is 2. The van der Waals surface area contributed by atoms with E-state index in [9.17, 15) is 14.0 Å². The van der Waals surface area contributed by atoms with Crippen LogP contribution in [0.4, 0.5) is 10.1 Å². The number of hydrogen-bond acceptors (Lipinski definition) is 4. The zero-order chi connectivity index (χ0) is 23.1. The highest BCUT2D eigenvalue weighted by Gasteiger charge is 2.14. The number of nitrogens with one attached hydrogen (secondary N) is 2. The van der Waals surface area contributed by atoms with Crippen LogP contribution in [0.15, 0.2) is 71.8 Å². The van der Waals surface area contributed by atoms with E-state index in [0.29, 0.717) is 33.3 Å². The van der Waals surface area contributed by atoms with Crippen LogP contribution >= 0.6 is 23.2 Å². The molecular weight excluding hydrogens is 456 g/mol. The summed E-state index contributed by atoms with van der Waals surface area (Å²) >= 11 is 11.7. The van der Waals surface area contributed by atoms with Crippen LogP contribution in [-0.4, -0.2) is 17.5 Å². The lowest BCUT2D eigenvalue weighted by Gasteiger charge is -2.08. The van der Waals surface area contributed by atoms with Gasteiger partial charge in [-0.15, -0.1) is 0 Å². The summed E-state index contributed by atoms with van der Waals surface area (Å²) in [7, 11) is 0. The summed E-state index contributed by atoms with van der Waals surface area (Å²) in [6, 6.07) is 17.7. The van der Waals surface area contributed by atoms with Crippen molar-refractivity contribution in [3.8, 4) is 5.75 Å². The van der Waals surface area contributed by atoms with Gasteiger partial charge >= 0.3 is 11.8 Å². The van der Waals surface area contributed by atoms with Crippen molar-refractivity contribution in [3.63, 3.8) is 0 Å². The minimum Gasteiger partial charge on any atom is -0.489 e. The number of hydrazone groups is 1. The highest BCUT2D eigenvalue weighted by Crippen LogP contribution is 2.25. The normalized spacial score (nSPS) is 11.1. The lowest BCUT2D eigenvalue weighted by molar-refractivity contribution is -0.136. The van der Waals surface area contributed by atoms with Crippen LogP contribution in [0.25, 0.3) is 0 Å². The van der Waals surface area contributed by atoms with Crippen LogP contribution in [0, 0.1) is 5.82 Å². The first-order chi connectivity index (χ1) is 15.3. The molecule has 2 N–H and O–H groups in total. The van der Waals surface area contributed by atoms with Crippen molar-refractivity contribution in [1.29, 1.82) is 0 Å². The molecule has 0 aliphatic rings. The molecule has 0 heterocycles. The molecule has 6 nitrogen and oxygen atoms in total. The molecule has 0 unspecified atom stereocenters. The third kappa shape index (κ3) is 6.29. The van der Waals surface area contributed by atoms with Gasteiger partial charge in [0.05, 0.1) is 15.8 Å². The SMILES string of the molecule is C/C(=N\NC(=O)C(=O)Nc1ccc(Cl)c(Cl)c1)c1ccc(OCc2ccccc2F)cc1. The maximum atomic E-state index is 13.7. The quantitative estimate of drug-likeness (QED) is 0.293. The Kier molecular flexibility index (Phi) is 7.81. The number of benzene rings is 3. The average molecular weight is 474 g/mol. The minimum atomic E-state index is -0.944. The van der Waals surface area contributed by atoms with Crippen LogP contribution in [0.3, 0.4) is 0 Å². The molecule has 0 bridgehead atoms. The molecule has 2 amide bonds. The Morgan fingerprint density at radius 2 is 1.69 bits per heavy atom. The first kappa shape index (κ1) is 23.2. The van der Waals surface area contributed by atoms with Crippen molar-refractivity contribution < 1.29 is 18.7 Å². The van der Waals surface area contributed by atoms with E-state index in [1.165, 1.54) is 24.3 Å². The zero-order valence-corrected chi connectivity index (χ0v) is 18.4. The fourth-order valence-corrected chi connectivity index (χ4v) is 2.88. The molecule has 32 heavy (non-hydrogen) atoms. The van der Waals surface area contributed by atoms with Crippen LogP contribution in [0.1, 0.15) is 18.1 Å². The Bertz CT molecular complexity index is 1170. The number of amides is 2. The van der Waals surface area contributed by atoms with E-state index in [4.69, 9.17) is 27.9 Å². The van der Waals surface area contributed by atoms with Crippen LogP contribution in [0.2, 0.25) is 10.0 Å². The largest absolute Gasteiger partial charge is 0.489 e. The first-order valence-corrected chi connectivity index (χ1v) is 10.2. The fraction of sp³-hybridized carbons (Fsp3) is 0.0870. The van der Waals surface area contributed by atoms with Crippen molar-refractivity contribution in [2.24, 2.45) is 5.10 Å². The summed E-state index contributed by atoms with van der Waals surface area (Å²) in [6.07, 6.45) is 0. The van der Waals surface area contributed by atoms with Crippen molar-refractivity contribution in [2.45, 2.75) is 13.5 Å². The number of anilines is 1. The molecule has 0 spiro atoms. The summed E-state index contributed by atoms with van der Waals surface area (Å²) in [5.74, 6) is -1.63. The molecule has 0 aliphatic heterocycles. The van der Waals surface area contributed by atoms with Gasteiger partial charge in [0, 0.05) is 11.3 Å². The molecule has 0 radical (unpaired) electrons. The van der Waals surface area contributed by atoms with Crippen LogP contribution in [-0.2, 0) is 16.2 Å². The molecule has 0 aromatic heterocycles. The van der Waals surface area contributed by atoms with Gasteiger partial charge in [-0.05, 0) is 61.0 Å². The number of nitrogens with zero attached hydrogens (tertiary/aromatic N) is 1. The van der Waals surface area contributed by atoms with Crippen LogP contribution < -0.4 is 15.5 Å². The summed E-state index contributed by atoms with van der Waals surface area (Å²) in [4.78, 5) is 24.0. The van der Waals surface area contributed by atoms with Crippen molar-refractivity contribution in [2.75, 3.05) is 5.32 Å². The molecule has 0 aliphatic carbocycles. The second kappa shape index (κ2) is 10.7. The molecular formula is C23H18Cl2FN3O3. The van der Waals surface area contributed by atoms with Gasteiger partial charge in [-0.2, -0.15) is 5.10 Å². The van der Waals surface area contributed by atoms with E-state index in [-0.39, 0.29) is 17.4 Å². The highest BCUT2D eigenvalue weighted by atomic mass is 35.5. The number of hydrogen-bond donors (Lipinski definition) is 2. The van der Waals surface area contributed by atoms with Gasteiger partial charge in [-0.3, -0.25) is 9.59 Å². The number of halogens is 3. The van der Waals surface area contributed by atoms with Gasteiger partial charge < -0.3 is 10.1 Å². The van der Waals surface area contributed by atoms with E-state index in [1.54, 1.807) is 49.4 Å². The molecule has 3 rings (SSSR count). The van der Waals surface area contributed by atoms with Gasteiger partial charge in [-0.1, -0.05) is 41.4 Å². The van der Waals surface area contributed by atoms with Gasteiger partial charge in [0.25, 0.3) is 0 Å². The lowest BCUT2D eigenvalue weighted by atomic mass is 10.1. The standard InChI is InChI=1S/C23H18Cl2FN3O3/c1-14(28-29-23(31)22(30)27-17-8-11-19(24)20(25)12-17)15-6-9-18(10-7-15)32-13-16-4-2-3-5-21(16)26/h2-12H,13H2,1H3,(H,27,30)(H,29,31)/b28-14+. The molecule has 0 saturated heterocycles. The molecule has 164 valence electrons. The van der Waals surface area contributed by atoms with Gasteiger partial charge in [0.2, 0.25) is 0 Å². The first-order valence-electron chi connectivity index (χ1n) is 9.41. The Morgan fingerprint density at radius 3 is 2.38 bits per heavy atom. The Balaban J connectivity index is 1.54. The van der Waals surface area contributed by atoms with E-state index < -0.39 is 11.8 Å². The zero-order valence-electron chi connectivity index (χ0n) is 16.9. The maximum Gasteiger partial charge on any atom is 0.329 e. The predicted molar refractivity (Wildman–Crippen MR) is 123 cm³/mol. The molecule has 0 fully saturated rings. The summed E-state index contributed by atoms with van der Waals surface area (Å²) in [5, 5.41) is 6.93. The summed E-state index contributed by atoms with van der Waals surface area (Å²) in [6.45, 7) is 1.77. The number of ether oxygens (including phenoxy) is 1. The van der Waals surface area contributed by atoms with Crippen molar-refractivity contribution >= 4 is 46.4 Å². The highest BCUT2D eigenvalue weighted by molar-refractivity contribution is 6.43. The number of rotatable bonds is 6. The lowest BCUT2D eigenvalue weighted by Crippen LogP contribution is -2.32. The van der Waals surface area contributed by atoms with Crippen LogP contribution in [0.5, 0.6) is 5.75 Å².